The van der Waals surface area contributed by atoms with E-state index in [0.717, 1.165) is 23.3 Å². The summed E-state index contributed by atoms with van der Waals surface area (Å²) in [7, 11) is 0. The van der Waals surface area contributed by atoms with Gasteiger partial charge >= 0.3 is 6.09 Å². The average Bonchev–Trinajstić information content (AvgIpc) is 3.24. The Balaban J connectivity index is 1.44. The van der Waals surface area contributed by atoms with Crippen molar-refractivity contribution in [3.8, 4) is 11.5 Å². The topological polar surface area (TPSA) is 129 Å². The highest BCUT2D eigenvalue weighted by Crippen LogP contribution is 2.40. The quantitative estimate of drug-likeness (QED) is 0.544. The summed E-state index contributed by atoms with van der Waals surface area (Å²) in [6.07, 6.45) is -0.256. The Bertz CT molecular complexity index is 1030. The molecule has 1 saturated heterocycles. The Hall–Kier alpha value is -3.46. The van der Waals surface area contributed by atoms with Gasteiger partial charge in [-0.2, -0.15) is 0 Å². The van der Waals surface area contributed by atoms with Gasteiger partial charge in [0.05, 0.1) is 18.3 Å². The maximum absolute atomic E-state index is 12.4. The number of hydrogen-bond acceptors (Lipinski definition) is 7. The van der Waals surface area contributed by atoms with Gasteiger partial charge in [-0.05, 0) is 25.5 Å². The molecular formula is C24H30N4O5. The zero-order valence-corrected chi connectivity index (χ0v) is 18.9. The Kier molecular flexibility index (Phi) is 6.33. The molecule has 0 saturated carbocycles. The molecule has 4 rings (SSSR count). The predicted molar refractivity (Wildman–Crippen MR) is 123 cm³/mol. The van der Waals surface area contributed by atoms with Gasteiger partial charge in [-0.15, -0.1) is 0 Å². The fourth-order valence-corrected chi connectivity index (χ4v) is 4.29. The van der Waals surface area contributed by atoms with Gasteiger partial charge in [0.1, 0.15) is 29.8 Å². The summed E-state index contributed by atoms with van der Waals surface area (Å²) in [5.74, 6) is 0.763. The minimum atomic E-state index is -0.564. The second kappa shape index (κ2) is 9.19. The second-order valence-electron chi connectivity index (χ2n) is 9.17. The van der Waals surface area contributed by atoms with Gasteiger partial charge in [-0.3, -0.25) is 9.69 Å². The molecular weight excluding hydrogens is 424 g/mol. The zero-order chi connectivity index (χ0) is 23.6. The molecule has 0 spiro atoms. The van der Waals surface area contributed by atoms with Crippen LogP contribution in [0.2, 0.25) is 0 Å². The number of hydrogen-bond donors (Lipinski definition) is 3. The molecule has 0 unspecified atom stereocenters. The molecule has 2 amide bonds. The van der Waals surface area contributed by atoms with Crippen LogP contribution in [0.3, 0.4) is 0 Å². The number of carbonyl (C=O) groups excluding carboxylic acids is 2. The largest absolute Gasteiger partial charge is 0.487 e. The van der Waals surface area contributed by atoms with E-state index in [9.17, 15) is 9.59 Å². The SMILES string of the molecule is CC1(C)Cc2cc(N)c(O[C@H]3CN(CC(N)=O)C[C@@H]3NC(=O)OCc3ccccc3)cc2O1. The number of amides is 2. The first kappa shape index (κ1) is 22.7. The number of nitrogens with zero attached hydrogens (tertiary/aromatic N) is 1. The number of anilines is 1. The number of nitrogens with two attached hydrogens (primary N) is 2. The molecule has 5 N–H and O–H groups in total. The molecule has 33 heavy (non-hydrogen) atoms. The number of carbonyl (C=O) groups is 2. The summed E-state index contributed by atoms with van der Waals surface area (Å²) >= 11 is 0. The van der Waals surface area contributed by atoms with Crippen LogP contribution in [0.15, 0.2) is 42.5 Å². The molecule has 2 aromatic carbocycles. The molecule has 2 atom stereocenters. The van der Waals surface area contributed by atoms with E-state index in [1.165, 1.54) is 0 Å². The minimum Gasteiger partial charge on any atom is -0.487 e. The van der Waals surface area contributed by atoms with Crippen LogP contribution in [0.25, 0.3) is 0 Å². The third-order valence-electron chi connectivity index (χ3n) is 5.71. The molecule has 2 heterocycles. The van der Waals surface area contributed by atoms with Crippen LogP contribution in [0.4, 0.5) is 10.5 Å². The molecule has 2 aliphatic heterocycles. The van der Waals surface area contributed by atoms with Gasteiger partial charge in [0.25, 0.3) is 0 Å². The molecule has 0 aromatic heterocycles. The lowest BCUT2D eigenvalue weighted by Crippen LogP contribution is -2.45. The minimum absolute atomic E-state index is 0.0636. The van der Waals surface area contributed by atoms with Gasteiger partial charge in [0, 0.05) is 31.1 Å². The number of nitrogens with one attached hydrogen (secondary N) is 1. The summed E-state index contributed by atoms with van der Waals surface area (Å²) in [5.41, 5.74) is 13.7. The lowest BCUT2D eigenvalue weighted by Gasteiger charge is -2.22. The van der Waals surface area contributed by atoms with E-state index in [2.05, 4.69) is 5.32 Å². The molecule has 2 aliphatic rings. The van der Waals surface area contributed by atoms with E-state index < -0.39 is 24.1 Å². The van der Waals surface area contributed by atoms with Crippen LogP contribution in [-0.2, 0) is 22.6 Å². The number of rotatable bonds is 7. The normalized spacial score (nSPS) is 21.2. The Morgan fingerprint density at radius 2 is 1.97 bits per heavy atom. The first-order valence-electron chi connectivity index (χ1n) is 10.9. The number of alkyl carbamates (subject to hydrolysis) is 1. The molecule has 2 aromatic rings. The van der Waals surface area contributed by atoms with E-state index in [1.807, 2.05) is 55.1 Å². The fraction of sp³-hybridized carbons (Fsp3) is 0.417. The standard InChI is InChI=1S/C24H30N4O5/c1-24(2)10-16-8-17(25)20(9-19(16)33-24)32-21-12-28(13-22(26)29)11-18(21)27-23(30)31-14-15-6-4-3-5-7-15/h3-9,18,21H,10-14,25H2,1-2H3,(H2,26,29)(H,27,30)/t18-,21-/m0/s1. The van der Waals surface area contributed by atoms with Crippen LogP contribution in [0.5, 0.6) is 11.5 Å². The highest BCUT2D eigenvalue weighted by atomic mass is 16.5. The first-order valence-corrected chi connectivity index (χ1v) is 10.9. The van der Waals surface area contributed by atoms with Crippen LogP contribution in [0, 0.1) is 0 Å². The van der Waals surface area contributed by atoms with Gasteiger partial charge in [-0.1, -0.05) is 30.3 Å². The lowest BCUT2D eigenvalue weighted by molar-refractivity contribution is -0.118. The monoisotopic (exact) mass is 454 g/mol. The van der Waals surface area contributed by atoms with Gasteiger partial charge in [-0.25, -0.2) is 4.79 Å². The molecule has 0 bridgehead atoms. The molecule has 1 fully saturated rings. The van der Waals surface area contributed by atoms with E-state index in [1.54, 1.807) is 6.07 Å². The van der Waals surface area contributed by atoms with Crippen LogP contribution >= 0.6 is 0 Å². The summed E-state index contributed by atoms with van der Waals surface area (Å²) in [6.45, 7) is 5.04. The lowest BCUT2D eigenvalue weighted by atomic mass is 10.0. The van der Waals surface area contributed by atoms with Gasteiger partial charge in [0.15, 0.2) is 0 Å². The van der Waals surface area contributed by atoms with Crippen molar-refractivity contribution >= 4 is 17.7 Å². The zero-order valence-electron chi connectivity index (χ0n) is 18.9. The maximum atomic E-state index is 12.4. The van der Waals surface area contributed by atoms with Crippen LogP contribution in [-0.4, -0.2) is 54.3 Å². The molecule has 9 heteroatoms. The third kappa shape index (κ3) is 5.67. The Morgan fingerprint density at radius 3 is 2.70 bits per heavy atom. The Labute approximate surface area is 193 Å². The number of primary amides is 1. The van der Waals surface area contributed by atoms with E-state index in [0.29, 0.717) is 24.5 Å². The number of ether oxygens (including phenoxy) is 3. The maximum Gasteiger partial charge on any atom is 0.407 e. The predicted octanol–water partition coefficient (Wildman–Crippen LogP) is 1.83. The fourth-order valence-electron chi connectivity index (χ4n) is 4.29. The summed E-state index contributed by atoms with van der Waals surface area (Å²) in [6, 6.07) is 12.7. The molecule has 0 radical (unpaired) electrons. The number of nitrogen functional groups attached to an aromatic ring is 1. The number of likely N-dealkylation sites (tertiary alicyclic amines) is 1. The van der Waals surface area contributed by atoms with E-state index in [4.69, 9.17) is 25.7 Å². The molecule has 176 valence electrons. The van der Waals surface area contributed by atoms with Crippen molar-refractivity contribution in [2.24, 2.45) is 5.73 Å². The van der Waals surface area contributed by atoms with Crippen molar-refractivity contribution in [3.63, 3.8) is 0 Å². The first-order chi connectivity index (χ1) is 15.7. The summed E-state index contributed by atoms with van der Waals surface area (Å²) in [5, 5.41) is 2.86. The van der Waals surface area contributed by atoms with Crippen LogP contribution < -0.4 is 26.3 Å². The van der Waals surface area contributed by atoms with Crippen LogP contribution in [0.1, 0.15) is 25.0 Å². The Morgan fingerprint density at radius 1 is 1.21 bits per heavy atom. The second-order valence-corrected chi connectivity index (χ2v) is 9.17. The van der Waals surface area contributed by atoms with Crippen molar-refractivity contribution in [2.45, 2.75) is 44.6 Å². The summed E-state index contributed by atoms with van der Waals surface area (Å²) in [4.78, 5) is 25.7. The highest BCUT2D eigenvalue weighted by molar-refractivity contribution is 5.76. The third-order valence-corrected chi connectivity index (χ3v) is 5.71. The highest BCUT2D eigenvalue weighted by Gasteiger charge is 2.37. The molecule has 9 nitrogen and oxygen atoms in total. The van der Waals surface area contributed by atoms with Gasteiger partial charge in [0.2, 0.25) is 5.91 Å². The van der Waals surface area contributed by atoms with Crippen molar-refractivity contribution in [1.82, 2.24) is 10.2 Å². The number of fused-ring (bicyclic) bond motifs is 1. The number of benzene rings is 2. The van der Waals surface area contributed by atoms with Crippen molar-refractivity contribution in [2.75, 3.05) is 25.4 Å². The van der Waals surface area contributed by atoms with Crippen molar-refractivity contribution in [3.05, 3.63) is 53.6 Å². The smallest absolute Gasteiger partial charge is 0.407 e. The van der Waals surface area contributed by atoms with Crippen molar-refractivity contribution in [1.29, 1.82) is 0 Å². The van der Waals surface area contributed by atoms with Gasteiger partial charge < -0.3 is 31.0 Å². The van der Waals surface area contributed by atoms with Crippen molar-refractivity contribution < 1.29 is 23.8 Å². The molecule has 0 aliphatic carbocycles. The summed E-state index contributed by atoms with van der Waals surface area (Å²) < 4.78 is 17.6. The van der Waals surface area contributed by atoms with E-state index >= 15 is 0 Å². The van der Waals surface area contributed by atoms with E-state index in [-0.39, 0.29) is 18.8 Å². The average molecular weight is 455 g/mol.